The first-order valence-corrected chi connectivity index (χ1v) is 7.98. The Balaban J connectivity index is 2.60. The maximum atomic E-state index is 12.0. The third-order valence-electron chi connectivity index (χ3n) is 2.30. The van der Waals surface area contributed by atoms with Crippen LogP contribution in [0.1, 0.15) is 5.56 Å². The average Bonchev–Trinajstić information content (AvgIpc) is 2.37. The molecule has 1 aromatic carbocycles. The fourth-order valence-corrected chi connectivity index (χ4v) is 3.52. The van der Waals surface area contributed by atoms with Gasteiger partial charge in [0.25, 0.3) is 6.43 Å². The van der Waals surface area contributed by atoms with Crippen molar-refractivity contribution in [1.82, 2.24) is 4.72 Å². The normalized spacial score (nSPS) is 12.1. The van der Waals surface area contributed by atoms with Crippen LogP contribution < -0.4 is 10.5 Å². The molecular formula is C11H15BrF2N2O3S. The molecule has 0 atom stereocenters. The Bertz CT molecular complexity index is 540. The van der Waals surface area contributed by atoms with E-state index in [-0.39, 0.29) is 18.0 Å². The number of nitrogens with two attached hydrogens (primary N) is 1. The van der Waals surface area contributed by atoms with Crippen LogP contribution in [0.15, 0.2) is 27.6 Å². The van der Waals surface area contributed by atoms with E-state index >= 15 is 0 Å². The molecule has 3 N–H and O–H groups in total. The summed E-state index contributed by atoms with van der Waals surface area (Å²) in [6.45, 7) is -0.618. The van der Waals surface area contributed by atoms with Crippen molar-refractivity contribution in [3.8, 4) is 0 Å². The van der Waals surface area contributed by atoms with Gasteiger partial charge in [-0.3, -0.25) is 0 Å². The molecule has 1 rings (SSSR count). The molecule has 0 saturated heterocycles. The second-order valence-electron chi connectivity index (χ2n) is 3.83. The van der Waals surface area contributed by atoms with Crippen molar-refractivity contribution in [2.45, 2.75) is 17.9 Å². The predicted octanol–water partition coefficient (Wildman–Crippen LogP) is 1.47. The largest absolute Gasteiger partial charge is 0.374 e. The lowest BCUT2D eigenvalue weighted by molar-refractivity contribution is 0.0199. The van der Waals surface area contributed by atoms with Crippen molar-refractivity contribution >= 4 is 26.0 Å². The van der Waals surface area contributed by atoms with Crippen LogP contribution in [0.4, 0.5) is 8.78 Å². The van der Waals surface area contributed by atoms with Gasteiger partial charge in [-0.05, 0) is 33.6 Å². The zero-order chi connectivity index (χ0) is 15.2. The van der Waals surface area contributed by atoms with E-state index in [0.717, 1.165) is 5.56 Å². The van der Waals surface area contributed by atoms with E-state index in [1.165, 1.54) is 6.07 Å². The summed E-state index contributed by atoms with van der Waals surface area (Å²) in [4.78, 5) is 0.0589. The Labute approximate surface area is 124 Å². The molecule has 9 heteroatoms. The van der Waals surface area contributed by atoms with Crippen molar-refractivity contribution in [3.63, 3.8) is 0 Å². The molecule has 0 amide bonds. The van der Waals surface area contributed by atoms with Gasteiger partial charge in [-0.2, -0.15) is 0 Å². The first-order valence-electron chi connectivity index (χ1n) is 5.71. The van der Waals surface area contributed by atoms with E-state index in [0.29, 0.717) is 11.0 Å². The molecule has 0 aliphatic carbocycles. The summed E-state index contributed by atoms with van der Waals surface area (Å²) in [6, 6.07) is 4.64. The highest BCUT2D eigenvalue weighted by Crippen LogP contribution is 2.22. The first-order chi connectivity index (χ1) is 9.36. The fourth-order valence-electron chi connectivity index (χ4n) is 1.39. The molecule has 0 aliphatic heterocycles. The van der Waals surface area contributed by atoms with Crippen molar-refractivity contribution in [2.75, 3.05) is 19.8 Å². The summed E-state index contributed by atoms with van der Waals surface area (Å²) in [5.74, 6) is 0. The van der Waals surface area contributed by atoms with Gasteiger partial charge in [0, 0.05) is 17.6 Å². The molecule has 0 radical (unpaired) electrons. The summed E-state index contributed by atoms with van der Waals surface area (Å²) in [6.07, 6.45) is -2.57. The number of alkyl halides is 2. The predicted molar refractivity (Wildman–Crippen MR) is 74.0 cm³/mol. The lowest BCUT2D eigenvalue weighted by atomic mass is 10.2. The third kappa shape index (κ3) is 5.41. The highest BCUT2D eigenvalue weighted by atomic mass is 79.9. The number of sulfonamides is 1. The van der Waals surface area contributed by atoms with Gasteiger partial charge >= 0.3 is 0 Å². The van der Waals surface area contributed by atoms with Gasteiger partial charge in [-0.25, -0.2) is 21.9 Å². The van der Waals surface area contributed by atoms with E-state index in [4.69, 9.17) is 5.73 Å². The molecule has 0 aliphatic rings. The Hall–Kier alpha value is -0.610. The number of halogens is 3. The smallest absolute Gasteiger partial charge is 0.261 e. The SMILES string of the molecule is NCc1ccc(S(=O)(=O)NCCOCC(F)F)c(Br)c1. The van der Waals surface area contributed by atoms with Gasteiger partial charge in [0.1, 0.15) is 6.61 Å². The quantitative estimate of drug-likeness (QED) is 0.677. The number of nitrogens with one attached hydrogen (secondary N) is 1. The van der Waals surface area contributed by atoms with Crippen LogP contribution >= 0.6 is 15.9 Å². The summed E-state index contributed by atoms with van der Waals surface area (Å²) in [7, 11) is -3.72. The standard InChI is InChI=1S/C11H15BrF2N2O3S/c12-9-5-8(6-15)1-2-10(9)20(17,18)16-3-4-19-7-11(13)14/h1-2,5,11,16H,3-4,6-7,15H2. The van der Waals surface area contributed by atoms with Crippen LogP contribution in [0.3, 0.4) is 0 Å². The van der Waals surface area contributed by atoms with E-state index in [2.05, 4.69) is 25.4 Å². The summed E-state index contributed by atoms with van der Waals surface area (Å²) < 4.78 is 54.8. The van der Waals surface area contributed by atoms with Crippen LogP contribution in [0, 0.1) is 0 Å². The number of rotatable bonds is 8. The van der Waals surface area contributed by atoms with Crippen LogP contribution in [0.25, 0.3) is 0 Å². The lowest BCUT2D eigenvalue weighted by Crippen LogP contribution is -2.28. The molecule has 0 bridgehead atoms. The second-order valence-corrected chi connectivity index (χ2v) is 6.42. The molecule has 5 nitrogen and oxygen atoms in total. The van der Waals surface area contributed by atoms with Crippen molar-refractivity contribution in [1.29, 1.82) is 0 Å². The van der Waals surface area contributed by atoms with Crippen molar-refractivity contribution < 1.29 is 21.9 Å². The third-order valence-corrected chi connectivity index (χ3v) is 4.74. The van der Waals surface area contributed by atoms with Crippen molar-refractivity contribution in [3.05, 3.63) is 28.2 Å². The van der Waals surface area contributed by atoms with Gasteiger partial charge in [0.05, 0.1) is 11.5 Å². The van der Waals surface area contributed by atoms with Crippen LogP contribution in [-0.2, 0) is 21.3 Å². The minimum atomic E-state index is -3.72. The molecular weight excluding hydrogens is 358 g/mol. The zero-order valence-corrected chi connectivity index (χ0v) is 12.9. The molecule has 0 fully saturated rings. The average molecular weight is 373 g/mol. The van der Waals surface area contributed by atoms with Gasteiger partial charge in [0.2, 0.25) is 10.0 Å². The topological polar surface area (TPSA) is 81.4 Å². The molecule has 0 aromatic heterocycles. The van der Waals surface area contributed by atoms with Crippen LogP contribution in [0.5, 0.6) is 0 Å². The van der Waals surface area contributed by atoms with E-state index < -0.39 is 23.1 Å². The van der Waals surface area contributed by atoms with Gasteiger partial charge in [-0.15, -0.1) is 0 Å². The number of hydrogen-bond donors (Lipinski definition) is 2. The fraction of sp³-hybridized carbons (Fsp3) is 0.455. The maximum Gasteiger partial charge on any atom is 0.261 e. The maximum absolute atomic E-state index is 12.0. The molecule has 0 heterocycles. The first kappa shape index (κ1) is 17.4. The Morgan fingerprint density at radius 3 is 2.65 bits per heavy atom. The van der Waals surface area contributed by atoms with Gasteiger partial charge in [0.15, 0.2) is 0 Å². The van der Waals surface area contributed by atoms with Gasteiger partial charge in [-0.1, -0.05) is 6.07 Å². The summed E-state index contributed by atoms with van der Waals surface area (Å²) in [5.41, 5.74) is 6.24. The highest BCUT2D eigenvalue weighted by molar-refractivity contribution is 9.10. The molecule has 20 heavy (non-hydrogen) atoms. The Kier molecular flexibility index (Phi) is 6.96. The minimum Gasteiger partial charge on any atom is -0.374 e. The van der Waals surface area contributed by atoms with E-state index in [1.54, 1.807) is 12.1 Å². The Morgan fingerprint density at radius 2 is 2.10 bits per heavy atom. The minimum absolute atomic E-state index is 0.0589. The van der Waals surface area contributed by atoms with Crippen LogP contribution in [0.2, 0.25) is 0 Å². The molecule has 114 valence electrons. The number of benzene rings is 1. The van der Waals surface area contributed by atoms with Crippen LogP contribution in [-0.4, -0.2) is 34.6 Å². The van der Waals surface area contributed by atoms with E-state index in [9.17, 15) is 17.2 Å². The van der Waals surface area contributed by atoms with Crippen molar-refractivity contribution in [2.24, 2.45) is 5.73 Å². The monoisotopic (exact) mass is 372 g/mol. The second kappa shape index (κ2) is 7.99. The molecule has 1 aromatic rings. The number of hydrogen-bond acceptors (Lipinski definition) is 4. The Morgan fingerprint density at radius 1 is 1.40 bits per heavy atom. The lowest BCUT2D eigenvalue weighted by Gasteiger charge is -2.10. The van der Waals surface area contributed by atoms with E-state index in [1.807, 2.05) is 0 Å². The molecule has 0 saturated carbocycles. The molecule has 0 spiro atoms. The number of ether oxygens (including phenoxy) is 1. The summed E-state index contributed by atoms with van der Waals surface area (Å²) >= 11 is 3.16. The van der Waals surface area contributed by atoms with Gasteiger partial charge < -0.3 is 10.5 Å². The summed E-state index contributed by atoms with van der Waals surface area (Å²) in [5, 5.41) is 0. The highest BCUT2D eigenvalue weighted by Gasteiger charge is 2.17. The zero-order valence-electron chi connectivity index (χ0n) is 10.5. The molecule has 0 unspecified atom stereocenters.